The molecule has 0 spiro atoms. The third kappa shape index (κ3) is 4.84. The van der Waals surface area contributed by atoms with Gasteiger partial charge in [0.05, 0.1) is 12.4 Å². The van der Waals surface area contributed by atoms with Crippen molar-refractivity contribution in [1.29, 1.82) is 0 Å². The summed E-state index contributed by atoms with van der Waals surface area (Å²) < 4.78 is 30.3. The SMILES string of the molecule is CS(=O)(=O)NCC1CCN(C[C@H]2CCCO2)CC1. The Balaban J connectivity index is 1.64. The van der Waals surface area contributed by atoms with Gasteiger partial charge in [-0.15, -0.1) is 0 Å². The van der Waals surface area contributed by atoms with E-state index in [-0.39, 0.29) is 0 Å². The highest BCUT2D eigenvalue weighted by Gasteiger charge is 2.24. The zero-order valence-electron chi connectivity index (χ0n) is 11.1. The number of nitrogens with zero attached hydrogens (tertiary/aromatic N) is 1. The maximum Gasteiger partial charge on any atom is 0.208 e. The molecule has 5 nitrogen and oxygen atoms in total. The van der Waals surface area contributed by atoms with E-state index in [0.717, 1.165) is 39.1 Å². The van der Waals surface area contributed by atoms with Gasteiger partial charge in [0.25, 0.3) is 0 Å². The number of rotatable bonds is 5. The van der Waals surface area contributed by atoms with Gasteiger partial charge in [-0.05, 0) is 44.7 Å². The first-order chi connectivity index (χ1) is 8.53. The summed E-state index contributed by atoms with van der Waals surface area (Å²) in [6, 6.07) is 0. The lowest BCUT2D eigenvalue weighted by Gasteiger charge is -2.33. The average molecular weight is 276 g/mol. The lowest BCUT2D eigenvalue weighted by molar-refractivity contribution is 0.0602. The maximum absolute atomic E-state index is 11.0. The van der Waals surface area contributed by atoms with Crippen LogP contribution in [0.4, 0.5) is 0 Å². The first-order valence-corrected chi connectivity index (χ1v) is 8.70. The van der Waals surface area contributed by atoms with Crippen LogP contribution in [0.5, 0.6) is 0 Å². The Morgan fingerprint density at radius 3 is 2.56 bits per heavy atom. The molecule has 0 radical (unpaired) electrons. The maximum atomic E-state index is 11.0. The van der Waals surface area contributed by atoms with Crippen LogP contribution < -0.4 is 4.72 Å². The van der Waals surface area contributed by atoms with Crippen LogP contribution in [0.3, 0.4) is 0 Å². The predicted octanol–water partition coefficient (Wildman–Crippen LogP) is 0.427. The zero-order chi connectivity index (χ0) is 13.0. The summed E-state index contributed by atoms with van der Waals surface area (Å²) in [5.74, 6) is 0.487. The van der Waals surface area contributed by atoms with Gasteiger partial charge in [0.2, 0.25) is 10.0 Å². The minimum absolute atomic E-state index is 0.427. The van der Waals surface area contributed by atoms with Crippen LogP contribution in [0, 0.1) is 5.92 Å². The summed E-state index contributed by atoms with van der Waals surface area (Å²) in [5, 5.41) is 0. The van der Waals surface area contributed by atoms with Gasteiger partial charge in [0.15, 0.2) is 0 Å². The smallest absolute Gasteiger partial charge is 0.208 e. The van der Waals surface area contributed by atoms with Crippen molar-refractivity contribution in [1.82, 2.24) is 9.62 Å². The Morgan fingerprint density at radius 2 is 2.00 bits per heavy atom. The lowest BCUT2D eigenvalue weighted by atomic mass is 9.97. The molecular weight excluding hydrogens is 252 g/mol. The summed E-state index contributed by atoms with van der Waals surface area (Å²) in [6.07, 6.45) is 6.19. The molecule has 2 heterocycles. The van der Waals surface area contributed by atoms with E-state index in [1.165, 1.54) is 19.1 Å². The minimum Gasteiger partial charge on any atom is -0.377 e. The van der Waals surface area contributed by atoms with Crippen molar-refractivity contribution in [3.8, 4) is 0 Å². The van der Waals surface area contributed by atoms with Crippen molar-refractivity contribution in [2.24, 2.45) is 5.92 Å². The minimum atomic E-state index is -3.04. The Morgan fingerprint density at radius 1 is 1.28 bits per heavy atom. The molecule has 2 aliphatic heterocycles. The van der Waals surface area contributed by atoms with Crippen molar-refractivity contribution in [3.05, 3.63) is 0 Å². The van der Waals surface area contributed by atoms with Crippen molar-refractivity contribution >= 4 is 10.0 Å². The summed E-state index contributed by atoms with van der Waals surface area (Å²) in [5.41, 5.74) is 0. The number of hydrogen-bond donors (Lipinski definition) is 1. The Bertz CT molecular complexity index is 344. The van der Waals surface area contributed by atoms with E-state index in [9.17, 15) is 8.42 Å². The van der Waals surface area contributed by atoms with E-state index in [1.54, 1.807) is 0 Å². The monoisotopic (exact) mass is 276 g/mol. The molecular formula is C12H24N2O3S. The molecule has 2 fully saturated rings. The van der Waals surface area contributed by atoms with E-state index in [1.807, 2.05) is 0 Å². The normalized spacial score (nSPS) is 27.7. The molecule has 0 unspecified atom stereocenters. The molecule has 0 aromatic heterocycles. The fourth-order valence-electron chi connectivity index (χ4n) is 2.72. The van der Waals surface area contributed by atoms with Gasteiger partial charge in [-0.2, -0.15) is 0 Å². The molecule has 18 heavy (non-hydrogen) atoms. The lowest BCUT2D eigenvalue weighted by Crippen LogP contribution is -2.41. The van der Waals surface area contributed by atoms with Gasteiger partial charge in [0.1, 0.15) is 0 Å². The standard InChI is InChI=1S/C12H24N2O3S/c1-18(15,16)13-9-11-4-6-14(7-5-11)10-12-3-2-8-17-12/h11-13H,2-10H2,1H3/t12-/m1/s1. The molecule has 0 bridgehead atoms. The molecule has 2 rings (SSSR count). The number of piperidine rings is 1. The summed E-state index contributed by atoms with van der Waals surface area (Å²) >= 11 is 0. The Hall–Kier alpha value is -0.170. The molecule has 0 aromatic carbocycles. The van der Waals surface area contributed by atoms with Gasteiger partial charge < -0.3 is 9.64 Å². The van der Waals surface area contributed by atoms with Crippen LogP contribution in [0.15, 0.2) is 0 Å². The second-order valence-electron chi connectivity index (χ2n) is 5.50. The van der Waals surface area contributed by atoms with Crippen LogP contribution in [0.1, 0.15) is 25.7 Å². The molecule has 0 aromatic rings. The molecule has 106 valence electrons. The second kappa shape index (κ2) is 6.32. The predicted molar refractivity (Wildman–Crippen MR) is 71.0 cm³/mol. The second-order valence-corrected chi connectivity index (χ2v) is 7.33. The summed E-state index contributed by atoms with van der Waals surface area (Å²) in [7, 11) is -3.04. The third-order valence-electron chi connectivity index (χ3n) is 3.83. The van der Waals surface area contributed by atoms with Gasteiger partial charge in [-0.3, -0.25) is 0 Å². The fourth-order valence-corrected chi connectivity index (χ4v) is 3.26. The van der Waals surface area contributed by atoms with Crippen LogP contribution in [-0.4, -0.2) is 58.5 Å². The fraction of sp³-hybridized carbons (Fsp3) is 1.00. The van der Waals surface area contributed by atoms with Crippen molar-refractivity contribution in [3.63, 3.8) is 0 Å². The van der Waals surface area contributed by atoms with E-state index < -0.39 is 10.0 Å². The molecule has 0 saturated carbocycles. The number of ether oxygens (including phenoxy) is 1. The van der Waals surface area contributed by atoms with E-state index in [2.05, 4.69) is 9.62 Å². The van der Waals surface area contributed by atoms with Crippen molar-refractivity contribution in [2.45, 2.75) is 31.8 Å². The average Bonchev–Trinajstić information content (AvgIpc) is 2.80. The van der Waals surface area contributed by atoms with Gasteiger partial charge >= 0.3 is 0 Å². The van der Waals surface area contributed by atoms with Crippen LogP contribution in [0.2, 0.25) is 0 Å². The van der Waals surface area contributed by atoms with E-state index >= 15 is 0 Å². The van der Waals surface area contributed by atoms with Crippen molar-refractivity contribution in [2.75, 3.05) is 39.0 Å². The molecule has 1 N–H and O–H groups in total. The quantitative estimate of drug-likeness (QED) is 0.791. The van der Waals surface area contributed by atoms with Crippen molar-refractivity contribution < 1.29 is 13.2 Å². The van der Waals surface area contributed by atoms with Crippen LogP contribution in [0.25, 0.3) is 0 Å². The van der Waals surface area contributed by atoms with Gasteiger partial charge in [-0.25, -0.2) is 13.1 Å². The molecule has 2 aliphatic rings. The summed E-state index contributed by atoms with van der Waals surface area (Å²) in [4.78, 5) is 2.45. The first-order valence-electron chi connectivity index (χ1n) is 6.81. The zero-order valence-corrected chi connectivity index (χ0v) is 11.9. The largest absolute Gasteiger partial charge is 0.377 e. The Kier molecular flexibility index (Phi) is 5.00. The number of sulfonamides is 1. The van der Waals surface area contributed by atoms with Gasteiger partial charge in [0, 0.05) is 19.7 Å². The van der Waals surface area contributed by atoms with Crippen LogP contribution >= 0.6 is 0 Å². The number of nitrogens with one attached hydrogen (secondary N) is 1. The highest BCUT2D eigenvalue weighted by Crippen LogP contribution is 2.19. The van der Waals surface area contributed by atoms with Gasteiger partial charge in [-0.1, -0.05) is 0 Å². The summed E-state index contributed by atoms with van der Waals surface area (Å²) in [6.45, 7) is 4.68. The van der Waals surface area contributed by atoms with Crippen LogP contribution in [-0.2, 0) is 14.8 Å². The topological polar surface area (TPSA) is 58.6 Å². The molecule has 1 atom stereocenters. The first kappa shape index (κ1) is 14.2. The molecule has 6 heteroatoms. The third-order valence-corrected chi connectivity index (χ3v) is 4.52. The number of likely N-dealkylation sites (tertiary alicyclic amines) is 1. The highest BCUT2D eigenvalue weighted by atomic mass is 32.2. The molecule has 0 amide bonds. The van der Waals surface area contributed by atoms with E-state index in [0.29, 0.717) is 18.6 Å². The van der Waals surface area contributed by atoms with E-state index in [4.69, 9.17) is 4.74 Å². The Labute approximate surface area is 110 Å². The molecule has 2 saturated heterocycles. The number of hydrogen-bond acceptors (Lipinski definition) is 4. The molecule has 0 aliphatic carbocycles. The highest BCUT2D eigenvalue weighted by molar-refractivity contribution is 7.88.